The van der Waals surface area contributed by atoms with Crippen LogP contribution in [0, 0.1) is 0 Å². The largest absolute Gasteiger partial charge is 0.479 e. The van der Waals surface area contributed by atoms with E-state index in [9.17, 15) is 14.4 Å². The summed E-state index contributed by atoms with van der Waals surface area (Å²) in [5.41, 5.74) is 0. The highest BCUT2D eigenvalue weighted by atomic mass is 16.6. The van der Waals surface area contributed by atoms with Crippen LogP contribution in [0.2, 0.25) is 0 Å². The molecule has 0 heterocycles. The summed E-state index contributed by atoms with van der Waals surface area (Å²) in [5, 5.41) is 4.63. The van der Waals surface area contributed by atoms with Crippen molar-refractivity contribution in [3.8, 4) is 5.75 Å². The minimum absolute atomic E-state index is 0.112. The number of esters is 1. The predicted molar refractivity (Wildman–Crippen MR) is 88.5 cm³/mol. The Morgan fingerprint density at radius 2 is 1.71 bits per heavy atom. The van der Waals surface area contributed by atoms with Crippen LogP contribution in [-0.2, 0) is 14.3 Å². The van der Waals surface area contributed by atoms with Gasteiger partial charge in [-0.2, -0.15) is 0 Å². The van der Waals surface area contributed by atoms with E-state index in [1.807, 2.05) is 6.07 Å². The summed E-state index contributed by atoms with van der Waals surface area (Å²) in [4.78, 5) is 35.5. The Balaban J connectivity index is 2.54. The number of carbonyl (C=O) groups is 3. The Labute approximate surface area is 141 Å². The average molecular weight is 336 g/mol. The molecule has 0 radical (unpaired) electrons. The summed E-state index contributed by atoms with van der Waals surface area (Å²) < 4.78 is 10.6. The fourth-order valence-electron chi connectivity index (χ4n) is 1.78. The van der Waals surface area contributed by atoms with Gasteiger partial charge < -0.3 is 14.8 Å². The maximum atomic E-state index is 12.1. The number of hydrogen-bond acceptors (Lipinski definition) is 5. The first-order valence-corrected chi connectivity index (χ1v) is 7.87. The van der Waals surface area contributed by atoms with Gasteiger partial charge in [-0.15, -0.1) is 0 Å². The van der Waals surface area contributed by atoms with E-state index >= 15 is 0 Å². The summed E-state index contributed by atoms with van der Waals surface area (Å²) in [6, 6.07) is 8.11. The molecule has 0 aliphatic carbocycles. The lowest BCUT2D eigenvalue weighted by atomic mass is 10.2. The second-order valence-electron chi connectivity index (χ2n) is 5.52. The smallest absolute Gasteiger partial charge is 0.348 e. The van der Waals surface area contributed by atoms with Crippen molar-refractivity contribution in [2.24, 2.45) is 0 Å². The Bertz CT molecular complexity index is 559. The van der Waals surface area contributed by atoms with Gasteiger partial charge in [0.1, 0.15) is 5.75 Å². The van der Waals surface area contributed by atoms with Crippen LogP contribution < -0.4 is 15.4 Å². The van der Waals surface area contributed by atoms with E-state index in [0.717, 1.165) is 0 Å². The number of amides is 3. The molecule has 3 amide bonds. The standard InChI is InChI=1S/C17H24N2O5/c1-5-14(24-13-9-7-6-8-10-13)16(21)23-12(4)15(20)19-17(22)18-11(2)3/h6-12,14H,5H2,1-4H3,(H2,18,19,20,22)/t12-,14-/m0/s1. The average Bonchev–Trinajstić information content (AvgIpc) is 2.52. The molecule has 0 aliphatic heterocycles. The second kappa shape index (κ2) is 9.54. The zero-order chi connectivity index (χ0) is 18.1. The molecule has 2 atom stereocenters. The molecule has 1 aromatic carbocycles. The zero-order valence-electron chi connectivity index (χ0n) is 14.4. The molecule has 132 valence electrons. The molecule has 1 aromatic rings. The molecule has 7 heteroatoms. The van der Waals surface area contributed by atoms with Crippen molar-refractivity contribution in [2.45, 2.75) is 52.4 Å². The van der Waals surface area contributed by atoms with Crippen molar-refractivity contribution >= 4 is 17.9 Å². The monoisotopic (exact) mass is 336 g/mol. The van der Waals surface area contributed by atoms with Crippen LogP contribution in [-0.4, -0.2) is 36.2 Å². The van der Waals surface area contributed by atoms with Gasteiger partial charge in [0.05, 0.1) is 0 Å². The SMILES string of the molecule is CC[C@H](Oc1ccccc1)C(=O)O[C@@H](C)C(=O)NC(=O)NC(C)C. The van der Waals surface area contributed by atoms with Crippen molar-refractivity contribution in [1.82, 2.24) is 10.6 Å². The number of ether oxygens (including phenoxy) is 2. The molecular formula is C17H24N2O5. The molecule has 0 saturated heterocycles. The maximum Gasteiger partial charge on any atom is 0.348 e. The quantitative estimate of drug-likeness (QED) is 0.743. The number of carbonyl (C=O) groups excluding carboxylic acids is 3. The molecule has 1 rings (SSSR count). The van der Waals surface area contributed by atoms with E-state index in [-0.39, 0.29) is 6.04 Å². The molecule has 0 saturated carbocycles. The number of urea groups is 1. The normalized spacial score (nSPS) is 12.9. The number of benzene rings is 1. The Hall–Kier alpha value is -2.57. The molecule has 24 heavy (non-hydrogen) atoms. The van der Waals surface area contributed by atoms with Gasteiger partial charge >= 0.3 is 12.0 Å². The lowest BCUT2D eigenvalue weighted by Gasteiger charge is -2.19. The summed E-state index contributed by atoms with van der Waals surface area (Å²) in [6.07, 6.45) is -1.55. The van der Waals surface area contributed by atoms with Crippen molar-refractivity contribution in [3.63, 3.8) is 0 Å². The zero-order valence-corrected chi connectivity index (χ0v) is 14.4. The minimum atomic E-state index is -1.11. The van der Waals surface area contributed by atoms with Crippen LogP contribution in [0.3, 0.4) is 0 Å². The number of para-hydroxylation sites is 1. The first-order chi connectivity index (χ1) is 11.3. The molecule has 0 fully saturated rings. The van der Waals surface area contributed by atoms with Crippen molar-refractivity contribution in [3.05, 3.63) is 30.3 Å². The third-order valence-corrected chi connectivity index (χ3v) is 2.97. The minimum Gasteiger partial charge on any atom is -0.479 e. The van der Waals surface area contributed by atoms with Crippen molar-refractivity contribution in [2.75, 3.05) is 0 Å². The Morgan fingerprint density at radius 3 is 2.25 bits per heavy atom. The molecule has 0 aliphatic rings. The van der Waals surface area contributed by atoms with Crippen molar-refractivity contribution in [1.29, 1.82) is 0 Å². The Kier molecular flexibility index (Phi) is 7.74. The summed E-state index contributed by atoms with van der Waals surface area (Å²) in [7, 11) is 0. The van der Waals surface area contributed by atoms with E-state index in [4.69, 9.17) is 9.47 Å². The molecular weight excluding hydrogens is 312 g/mol. The number of imide groups is 1. The van der Waals surface area contributed by atoms with E-state index in [1.165, 1.54) is 6.92 Å². The molecule has 0 unspecified atom stereocenters. The number of hydrogen-bond donors (Lipinski definition) is 2. The molecule has 2 N–H and O–H groups in total. The van der Waals surface area contributed by atoms with Crippen LogP contribution >= 0.6 is 0 Å². The molecule has 0 aromatic heterocycles. The Morgan fingerprint density at radius 1 is 1.08 bits per heavy atom. The third-order valence-electron chi connectivity index (χ3n) is 2.97. The molecule has 0 spiro atoms. The van der Waals surface area contributed by atoms with Gasteiger partial charge in [-0.05, 0) is 39.3 Å². The molecule has 7 nitrogen and oxygen atoms in total. The van der Waals surface area contributed by atoms with Gasteiger partial charge in [0.2, 0.25) is 0 Å². The van der Waals surface area contributed by atoms with Gasteiger partial charge in [0.25, 0.3) is 5.91 Å². The van der Waals surface area contributed by atoms with Gasteiger partial charge in [0, 0.05) is 6.04 Å². The lowest BCUT2D eigenvalue weighted by molar-refractivity contribution is -0.161. The van der Waals surface area contributed by atoms with Gasteiger partial charge in [-0.25, -0.2) is 9.59 Å². The maximum absolute atomic E-state index is 12.1. The van der Waals surface area contributed by atoms with Crippen LogP contribution in [0.1, 0.15) is 34.1 Å². The van der Waals surface area contributed by atoms with Gasteiger partial charge in [0.15, 0.2) is 12.2 Å². The van der Waals surface area contributed by atoms with E-state index in [1.54, 1.807) is 45.0 Å². The van der Waals surface area contributed by atoms with Crippen LogP contribution in [0.15, 0.2) is 30.3 Å². The highest BCUT2D eigenvalue weighted by molar-refractivity contribution is 5.97. The second-order valence-corrected chi connectivity index (χ2v) is 5.52. The molecule has 0 bridgehead atoms. The first-order valence-electron chi connectivity index (χ1n) is 7.87. The third kappa shape index (κ3) is 6.68. The first kappa shape index (κ1) is 19.5. The highest BCUT2D eigenvalue weighted by Crippen LogP contribution is 2.14. The summed E-state index contributed by atoms with van der Waals surface area (Å²) in [5.74, 6) is -0.820. The fourth-order valence-corrected chi connectivity index (χ4v) is 1.78. The van der Waals surface area contributed by atoms with E-state index in [2.05, 4.69) is 10.6 Å². The van der Waals surface area contributed by atoms with Crippen LogP contribution in [0.25, 0.3) is 0 Å². The lowest BCUT2D eigenvalue weighted by Crippen LogP contribution is -2.47. The summed E-state index contributed by atoms with van der Waals surface area (Å²) in [6.45, 7) is 6.70. The van der Waals surface area contributed by atoms with E-state index in [0.29, 0.717) is 12.2 Å². The predicted octanol–water partition coefficient (Wildman–Crippen LogP) is 2.01. The fraction of sp³-hybridized carbons (Fsp3) is 0.471. The van der Waals surface area contributed by atoms with Crippen molar-refractivity contribution < 1.29 is 23.9 Å². The van der Waals surface area contributed by atoms with E-state index < -0.39 is 30.1 Å². The van der Waals surface area contributed by atoms with Gasteiger partial charge in [-0.3, -0.25) is 10.1 Å². The van der Waals surface area contributed by atoms with Crippen LogP contribution in [0.4, 0.5) is 4.79 Å². The topological polar surface area (TPSA) is 93.7 Å². The van der Waals surface area contributed by atoms with Crippen LogP contribution in [0.5, 0.6) is 5.75 Å². The number of nitrogens with one attached hydrogen (secondary N) is 2. The number of rotatable bonds is 7. The van der Waals surface area contributed by atoms with Gasteiger partial charge in [-0.1, -0.05) is 25.1 Å². The summed E-state index contributed by atoms with van der Waals surface area (Å²) >= 11 is 0. The highest BCUT2D eigenvalue weighted by Gasteiger charge is 2.26.